The number of ketones is 1. The van der Waals surface area contributed by atoms with Crippen molar-refractivity contribution in [1.82, 2.24) is 4.90 Å². The largest absolute Gasteiger partial charge is 0.386 e. The van der Waals surface area contributed by atoms with Crippen molar-refractivity contribution in [1.29, 1.82) is 0 Å². The number of rotatable bonds is 5. The number of carbonyl (C=O) groups excluding carboxylic acids is 2. The van der Waals surface area contributed by atoms with E-state index in [4.69, 9.17) is 0 Å². The van der Waals surface area contributed by atoms with E-state index in [0.717, 1.165) is 4.90 Å². The third kappa shape index (κ3) is 2.72. The summed E-state index contributed by atoms with van der Waals surface area (Å²) in [5, 5.41) is 0. The van der Waals surface area contributed by atoms with Gasteiger partial charge in [-0.15, -0.1) is 0 Å². The van der Waals surface area contributed by atoms with Gasteiger partial charge in [0.15, 0.2) is 0 Å². The molecular weight excluding hydrogens is 240 g/mol. The van der Waals surface area contributed by atoms with Gasteiger partial charge in [-0.2, -0.15) is 8.78 Å². The number of benzene rings is 1. The SMILES string of the molecule is CCN(CC)C(=O)C(F)(F)C(=O)c1ccccc1. The quantitative estimate of drug-likeness (QED) is 0.598. The fraction of sp³-hybridized carbons (Fsp3) is 0.385. The van der Waals surface area contributed by atoms with Crippen LogP contribution in [0, 0.1) is 0 Å². The normalized spacial score (nSPS) is 11.1. The first-order valence-electron chi connectivity index (χ1n) is 5.72. The highest BCUT2D eigenvalue weighted by atomic mass is 19.3. The van der Waals surface area contributed by atoms with Crippen molar-refractivity contribution in [3.8, 4) is 0 Å². The molecule has 0 unspecified atom stereocenters. The highest BCUT2D eigenvalue weighted by Gasteiger charge is 2.49. The number of hydrogen-bond donors (Lipinski definition) is 0. The standard InChI is InChI=1S/C13H15F2NO2/c1-3-16(4-2)12(18)13(14,15)11(17)10-8-6-5-7-9-10/h5-9H,3-4H2,1-2H3. The van der Waals surface area contributed by atoms with Gasteiger partial charge in [-0.1, -0.05) is 30.3 Å². The van der Waals surface area contributed by atoms with Crippen LogP contribution in [0.3, 0.4) is 0 Å². The van der Waals surface area contributed by atoms with E-state index in [1.807, 2.05) is 0 Å². The van der Waals surface area contributed by atoms with E-state index in [9.17, 15) is 18.4 Å². The Labute approximate surface area is 104 Å². The fourth-order valence-corrected chi connectivity index (χ4v) is 1.58. The van der Waals surface area contributed by atoms with Gasteiger partial charge in [0, 0.05) is 18.7 Å². The summed E-state index contributed by atoms with van der Waals surface area (Å²) >= 11 is 0. The molecule has 1 aromatic rings. The minimum absolute atomic E-state index is 0.146. The molecule has 5 heteroatoms. The number of halogens is 2. The monoisotopic (exact) mass is 255 g/mol. The number of hydrogen-bond acceptors (Lipinski definition) is 2. The summed E-state index contributed by atoms with van der Waals surface area (Å²) in [5.74, 6) is -6.91. The van der Waals surface area contributed by atoms with Crippen molar-refractivity contribution in [2.45, 2.75) is 19.8 Å². The van der Waals surface area contributed by atoms with E-state index in [1.54, 1.807) is 19.9 Å². The maximum atomic E-state index is 13.8. The molecule has 0 atom stereocenters. The van der Waals surface area contributed by atoms with Gasteiger partial charge < -0.3 is 4.90 Å². The number of amides is 1. The Hall–Kier alpha value is -1.78. The van der Waals surface area contributed by atoms with E-state index < -0.39 is 17.6 Å². The van der Waals surface area contributed by atoms with Gasteiger partial charge >= 0.3 is 11.8 Å². The van der Waals surface area contributed by atoms with Gasteiger partial charge in [0.1, 0.15) is 0 Å². The van der Waals surface area contributed by atoms with Crippen molar-refractivity contribution in [2.75, 3.05) is 13.1 Å². The second-order valence-corrected chi connectivity index (χ2v) is 3.75. The van der Waals surface area contributed by atoms with Crippen molar-refractivity contribution in [3.63, 3.8) is 0 Å². The Kier molecular flexibility index (Phi) is 4.53. The molecule has 0 N–H and O–H groups in total. The molecule has 0 bridgehead atoms. The second kappa shape index (κ2) is 5.71. The van der Waals surface area contributed by atoms with Gasteiger partial charge in [0.2, 0.25) is 5.78 Å². The second-order valence-electron chi connectivity index (χ2n) is 3.75. The van der Waals surface area contributed by atoms with Crippen LogP contribution in [0.4, 0.5) is 8.78 Å². The maximum absolute atomic E-state index is 13.8. The average Bonchev–Trinajstić information content (AvgIpc) is 2.40. The summed E-state index contributed by atoms with van der Waals surface area (Å²) in [6.07, 6.45) is 0. The van der Waals surface area contributed by atoms with E-state index in [1.165, 1.54) is 24.3 Å². The Morgan fingerprint density at radius 1 is 1.11 bits per heavy atom. The molecule has 0 heterocycles. The van der Waals surface area contributed by atoms with Crippen LogP contribution in [0.25, 0.3) is 0 Å². The maximum Gasteiger partial charge on any atom is 0.386 e. The summed E-state index contributed by atoms with van der Waals surface area (Å²) in [4.78, 5) is 24.2. The van der Waals surface area contributed by atoms with Crippen molar-refractivity contribution in [2.24, 2.45) is 0 Å². The number of alkyl halides is 2. The fourth-order valence-electron chi connectivity index (χ4n) is 1.58. The zero-order valence-electron chi connectivity index (χ0n) is 10.3. The molecule has 0 aromatic heterocycles. The summed E-state index contributed by atoms with van der Waals surface area (Å²) in [6.45, 7) is 3.47. The number of carbonyl (C=O) groups is 2. The summed E-state index contributed by atoms with van der Waals surface area (Å²) in [5.41, 5.74) is -0.164. The predicted octanol–water partition coefficient (Wildman–Crippen LogP) is 2.37. The minimum Gasteiger partial charge on any atom is -0.338 e. The van der Waals surface area contributed by atoms with Crippen LogP contribution in [-0.2, 0) is 4.79 Å². The van der Waals surface area contributed by atoms with Crippen LogP contribution in [0.1, 0.15) is 24.2 Å². The molecule has 3 nitrogen and oxygen atoms in total. The van der Waals surface area contributed by atoms with Crippen LogP contribution in [-0.4, -0.2) is 35.6 Å². The van der Waals surface area contributed by atoms with Crippen LogP contribution >= 0.6 is 0 Å². The summed E-state index contributed by atoms with van der Waals surface area (Å²) < 4.78 is 27.6. The zero-order valence-corrected chi connectivity index (χ0v) is 10.3. The Morgan fingerprint density at radius 3 is 2.06 bits per heavy atom. The average molecular weight is 255 g/mol. The van der Waals surface area contributed by atoms with Gasteiger partial charge in [0.05, 0.1) is 0 Å². The lowest BCUT2D eigenvalue weighted by Gasteiger charge is -2.23. The highest BCUT2D eigenvalue weighted by molar-refractivity contribution is 6.15. The minimum atomic E-state index is -4.01. The Morgan fingerprint density at radius 2 is 1.61 bits per heavy atom. The molecule has 18 heavy (non-hydrogen) atoms. The van der Waals surface area contributed by atoms with Gasteiger partial charge in [-0.05, 0) is 13.8 Å². The lowest BCUT2D eigenvalue weighted by Crippen LogP contribution is -2.48. The third-order valence-corrected chi connectivity index (χ3v) is 2.64. The summed E-state index contributed by atoms with van der Waals surface area (Å²) in [7, 11) is 0. The molecule has 0 radical (unpaired) electrons. The first-order chi connectivity index (χ1) is 8.45. The van der Waals surface area contributed by atoms with Gasteiger partial charge in [-0.25, -0.2) is 0 Å². The lowest BCUT2D eigenvalue weighted by molar-refractivity contribution is -0.150. The predicted molar refractivity (Wildman–Crippen MR) is 63.6 cm³/mol. The molecule has 0 aliphatic carbocycles. The molecule has 0 fully saturated rings. The van der Waals surface area contributed by atoms with E-state index in [2.05, 4.69) is 0 Å². The molecular formula is C13H15F2NO2. The molecule has 1 aromatic carbocycles. The Balaban J connectivity index is 2.99. The molecule has 0 spiro atoms. The zero-order chi connectivity index (χ0) is 13.8. The van der Waals surface area contributed by atoms with Gasteiger partial charge in [0.25, 0.3) is 0 Å². The van der Waals surface area contributed by atoms with Crippen LogP contribution < -0.4 is 0 Å². The molecule has 1 amide bonds. The molecule has 98 valence electrons. The van der Waals surface area contributed by atoms with E-state index in [-0.39, 0.29) is 18.7 Å². The number of nitrogens with zero attached hydrogens (tertiary/aromatic N) is 1. The first-order valence-corrected chi connectivity index (χ1v) is 5.72. The smallest absolute Gasteiger partial charge is 0.338 e. The number of Topliss-reactive ketones (excluding diaryl/α,β-unsaturated/α-hetero) is 1. The van der Waals surface area contributed by atoms with Crippen molar-refractivity contribution >= 4 is 11.7 Å². The molecule has 1 rings (SSSR count). The van der Waals surface area contributed by atoms with E-state index in [0.29, 0.717) is 0 Å². The first kappa shape index (κ1) is 14.3. The van der Waals surface area contributed by atoms with Crippen LogP contribution in [0.5, 0.6) is 0 Å². The van der Waals surface area contributed by atoms with Gasteiger partial charge in [-0.3, -0.25) is 9.59 Å². The van der Waals surface area contributed by atoms with Crippen molar-refractivity contribution < 1.29 is 18.4 Å². The highest BCUT2D eigenvalue weighted by Crippen LogP contribution is 2.23. The molecule has 0 aliphatic heterocycles. The summed E-state index contributed by atoms with van der Waals surface area (Å²) in [6, 6.07) is 7.11. The molecule has 0 saturated carbocycles. The van der Waals surface area contributed by atoms with E-state index >= 15 is 0 Å². The van der Waals surface area contributed by atoms with Crippen molar-refractivity contribution in [3.05, 3.63) is 35.9 Å². The third-order valence-electron chi connectivity index (χ3n) is 2.64. The molecule has 0 saturated heterocycles. The molecule has 0 aliphatic rings. The van der Waals surface area contributed by atoms with Crippen LogP contribution in [0.2, 0.25) is 0 Å². The van der Waals surface area contributed by atoms with Crippen LogP contribution in [0.15, 0.2) is 30.3 Å². The lowest BCUT2D eigenvalue weighted by atomic mass is 10.0. The topological polar surface area (TPSA) is 37.4 Å². The Bertz CT molecular complexity index is 428.